The first-order valence-corrected chi connectivity index (χ1v) is 11.1. The van der Waals surface area contributed by atoms with Gasteiger partial charge in [-0.3, -0.25) is 14.5 Å². The Bertz CT molecular complexity index is 928. The maximum Gasteiger partial charge on any atom is 0.352 e. The largest absolute Gasteiger partial charge is 0.477 e. The molecule has 1 aromatic heterocycles. The molecule has 0 bridgehead atoms. The number of nitrogens with two attached hydrogens (primary N) is 1. The highest BCUT2D eigenvalue weighted by Crippen LogP contribution is 2.41. The molecular formula is C16H17N5O5S3. The molecule has 1 saturated heterocycles. The number of nitrogens with zero attached hydrogens (tertiary/aromatic N) is 3. The maximum absolute atomic E-state index is 12.7. The second kappa shape index (κ2) is 8.88. The van der Waals surface area contributed by atoms with Crippen molar-refractivity contribution in [2.75, 3.05) is 24.3 Å². The Hall–Kier alpha value is -2.51. The highest BCUT2D eigenvalue weighted by molar-refractivity contribution is 8.02. The standard InChI is InChI=1S/C16H17N5O5S3/c1-3-27-4-7-5-28-14-10(13(23)21(14)11(7)15(24)25)19-12(22)9(20-26-2)8-6-29-16(17)18-8/h3,6,10,14H,1,4-5H2,2H3,(H2,17,18)(H,19,22)(H,24,25)/t10?,14-/m1/s1. The van der Waals surface area contributed by atoms with Gasteiger partial charge in [0.05, 0.1) is 0 Å². The topological polar surface area (TPSA) is 147 Å². The van der Waals surface area contributed by atoms with Gasteiger partial charge in [-0.1, -0.05) is 11.7 Å². The fourth-order valence-electron chi connectivity index (χ4n) is 2.86. The third-order valence-electron chi connectivity index (χ3n) is 4.07. The van der Waals surface area contributed by atoms with Crippen molar-refractivity contribution < 1.29 is 24.3 Å². The van der Waals surface area contributed by atoms with Gasteiger partial charge in [-0.15, -0.1) is 34.9 Å². The number of carbonyl (C=O) groups is 3. The number of carboxylic acids is 1. The monoisotopic (exact) mass is 455 g/mol. The van der Waals surface area contributed by atoms with Crippen molar-refractivity contribution in [2.45, 2.75) is 11.4 Å². The van der Waals surface area contributed by atoms with Crippen molar-refractivity contribution in [3.8, 4) is 0 Å². The Balaban J connectivity index is 1.78. The molecule has 0 aromatic carbocycles. The van der Waals surface area contributed by atoms with E-state index in [1.165, 1.54) is 35.5 Å². The lowest BCUT2D eigenvalue weighted by atomic mass is 10.0. The van der Waals surface area contributed by atoms with Gasteiger partial charge in [-0.2, -0.15) is 0 Å². The molecule has 1 fully saturated rings. The molecule has 3 rings (SSSR count). The van der Waals surface area contributed by atoms with E-state index >= 15 is 0 Å². The number of β-lactam (4-membered cyclic amide) rings is 1. The van der Waals surface area contributed by atoms with Gasteiger partial charge in [0.2, 0.25) is 0 Å². The lowest BCUT2D eigenvalue weighted by molar-refractivity contribution is -0.150. The number of carboxylic acid groups (broad SMARTS) is 1. The number of nitrogen functional groups attached to an aromatic ring is 1. The average molecular weight is 456 g/mol. The summed E-state index contributed by atoms with van der Waals surface area (Å²) in [7, 11) is 1.28. The molecule has 154 valence electrons. The molecule has 2 amide bonds. The summed E-state index contributed by atoms with van der Waals surface area (Å²) in [6.07, 6.45) is 0. The summed E-state index contributed by atoms with van der Waals surface area (Å²) in [5.41, 5.74) is 6.31. The molecule has 1 unspecified atom stereocenters. The Morgan fingerprint density at radius 3 is 2.97 bits per heavy atom. The van der Waals surface area contributed by atoms with Gasteiger partial charge in [-0.05, 0) is 11.0 Å². The SMILES string of the molecule is C=CSCC1=C(C(=O)O)N2C(=O)C(NC(=O)C(=NOC)c3csc(N)n3)[C@H]2SC1. The number of carbonyl (C=O) groups excluding carboxylic acids is 2. The van der Waals surface area contributed by atoms with Crippen LogP contribution in [-0.4, -0.2) is 68.5 Å². The molecular weight excluding hydrogens is 438 g/mol. The highest BCUT2D eigenvalue weighted by Gasteiger charge is 2.54. The first-order valence-electron chi connectivity index (χ1n) is 8.15. The quantitative estimate of drug-likeness (QED) is 0.292. The Labute approximate surface area is 178 Å². The van der Waals surface area contributed by atoms with Crippen LogP contribution in [0.15, 0.2) is 33.8 Å². The van der Waals surface area contributed by atoms with Crippen molar-refractivity contribution in [3.05, 3.63) is 34.3 Å². The molecule has 0 saturated carbocycles. The number of hydrogen-bond acceptors (Lipinski definition) is 10. The van der Waals surface area contributed by atoms with Crippen LogP contribution in [0.1, 0.15) is 5.69 Å². The number of oxime groups is 1. The molecule has 10 nitrogen and oxygen atoms in total. The second-order valence-electron chi connectivity index (χ2n) is 5.79. The molecule has 0 spiro atoms. The third-order valence-corrected chi connectivity index (χ3v) is 6.84. The zero-order valence-corrected chi connectivity index (χ0v) is 17.6. The normalized spacial score (nSPS) is 21.3. The second-order valence-corrected chi connectivity index (χ2v) is 8.74. The number of anilines is 1. The van der Waals surface area contributed by atoms with Crippen LogP contribution in [0.25, 0.3) is 0 Å². The average Bonchev–Trinajstić information content (AvgIpc) is 3.13. The number of thioether (sulfide) groups is 2. The number of amides is 2. The minimum absolute atomic E-state index is 0.0309. The molecule has 0 aliphatic carbocycles. The smallest absolute Gasteiger partial charge is 0.352 e. The molecule has 4 N–H and O–H groups in total. The van der Waals surface area contributed by atoms with E-state index in [1.807, 2.05) is 0 Å². The predicted molar refractivity (Wildman–Crippen MR) is 112 cm³/mol. The first-order chi connectivity index (χ1) is 13.9. The maximum atomic E-state index is 12.7. The van der Waals surface area contributed by atoms with E-state index < -0.39 is 29.2 Å². The van der Waals surface area contributed by atoms with Crippen molar-refractivity contribution in [2.24, 2.45) is 5.16 Å². The van der Waals surface area contributed by atoms with Crippen LogP contribution in [-0.2, 0) is 19.2 Å². The van der Waals surface area contributed by atoms with Crippen LogP contribution in [0, 0.1) is 0 Å². The number of aliphatic carboxylic acids is 1. The number of aromatic nitrogens is 1. The molecule has 13 heteroatoms. The summed E-state index contributed by atoms with van der Waals surface area (Å²) < 4.78 is 0. The first kappa shape index (κ1) is 21.2. The zero-order valence-electron chi connectivity index (χ0n) is 15.2. The zero-order chi connectivity index (χ0) is 21.1. The van der Waals surface area contributed by atoms with Crippen molar-refractivity contribution >= 4 is 63.5 Å². The van der Waals surface area contributed by atoms with Crippen LogP contribution in [0.5, 0.6) is 0 Å². The summed E-state index contributed by atoms with van der Waals surface area (Å²) in [6.45, 7) is 3.61. The van der Waals surface area contributed by atoms with Gasteiger partial charge < -0.3 is 21.0 Å². The van der Waals surface area contributed by atoms with Gasteiger partial charge in [0.15, 0.2) is 10.8 Å². The Morgan fingerprint density at radius 1 is 1.62 bits per heavy atom. The van der Waals surface area contributed by atoms with E-state index in [1.54, 1.807) is 10.8 Å². The molecule has 29 heavy (non-hydrogen) atoms. The molecule has 2 atom stereocenters. The van der Waals surface area contributed by atoms with Gasteiger partial charge in [0.25, 0.3) is 11.8 Å². The van der Waals surface area contributed by atoms with E-state index in [2.05, 4.69) is 22.0 Å². The number of hydrogen-bond donors (Lipinski definition) is 3. The van der Waals surface area contributed by atoms with Gasteiger partial charge in [0, 0.05) is 16.9 Å². The summed E-state index contributed by atoms with van der Waals surface area (Å²) >= 11 is 3.88. The minimum Gasteiger partial charge on any atom is -0.477 e. The summed E-state index contributed by atoms with van der Waals surface area (Å²) in [5, 5.41) is 18.8. The lowest BCUT2D eigenvalue weighted by Gasteiger charge is -2.49. The van der Waals surface area contributed by atoms with Crippen LogP contribution < -0.4 is 11.1 Å². The third kappa shape index (κ3) is 4.11. The van der Waals surface area contributed by atoms with E-state index in [0.717, 1.165) is 11.3 Å². The highest BCUT2D eigenvalue weighted by atomic mass is 32.2. The van der Waals surface area contributed by atoms with E-state index in [-0.39, 0.29) is 22.2 Å². The van der Waals surface area contributed by atoms with Crippen LogP contribution >= 0.6 is 34.9 Å². The van der Waals surface area contributed by atoms with Crippen LogP contribution in [0.2, 0.25) is 0 Å². The van der Waals surface area contributed by atoms with Gasteiger partial charge in [0.1, 0.15) is 29.9 Å². The van der Waals surface area contributed by atoms with Crippen molar-refractivity contribution in [1.29, 1.82) is 0 Å². The minimum atomic E-state index is -1.17. The summed E-state index contributed by atoms with van der Waals surface area (Å²) in [6, 6.07) is -0.881. The summed E-state index contributed by atoms with van der Waals surface area (Å²) in [4.78, 5) is 47.0. The lowest BCUT2D eigenvalue weighted by Crippen LogP contribution is -2.71. The van der Waals surface area contributed by atoms with Crippen LogP contribution in [0.4, 0.5) is 5.13 Å². The molecule has 2 aliphatic rings. The molecule has 0 radical (unpaired) electrons. The van der Waals surface area contributed by atoms with Gasteiger partial charge >= 0.3 is 5.97 Å². The number of nitrogens with one attached hydrogen (secondary N) is 1. The van der Waals surface area contributed by atoms with Gasteiger partial charge in [-0.25, -0.2) is 9.78 Å². The molecule has 2 aliphatic heterocycles. The number of fused-ring (bicyclic) bond motifs is 1. The van der Waals surface area contributed by atoms with Crippen molar-refractivity contribution in [3.63, 3.8) is 0 Å². The van der Waals surface area contributed by atoms with E-state index in [4.69, 9.17) is 10.6 Å². The van der Waals surface area contributed by atoms with E-state index in [0.29, 0.717) is 17.1 Å². The predicted octanol–water partition coefficient (Wildman–Crippen LogP) is 0.691. The summed E-state index contributed by atoms with van der Waals surface area (Å²) in [5.74, 6) is -1.46. The fourth-order valence-corrected chi connectivity index (χ4v) is 5.44. The molecule has 3 heterocycles. The number of rotatable bonds is 8. The fraction of sp³-hybridized carbons (Fsp3) is 0.312. The van der Waals surface area contributed by atoms with Crippen molar-refractivity contribution in [1.82, 2.24) is 15.2 Å². The van der Waals surface area contributed by atoms with E-state index in [9.17, 15) is 19.5 Å². The van der Waals surface area contributed by atoms with Crippen LogP contribution in [0.3, 0.4) is 0 Å². The Kier molecular flexibility index (Phi) is 6.49. The molecule has 1 aromatic rings. The number of thiazole rings is 1. The Morgan fingerprint density at radius 2 is 2.38 bits per heavy atom.